The monoisotopic (exact) mass is 269 g/mol. The maximum atomic E-state index is 5.33. The van der Waals surface area contributed by atoms with Gasteiger partial charge in [0.25, 0.3) is 0 Å². The van der Waals surface area contributed by atoms with E-state index < -0.39 is 0 Å². The van der Waals surface area contributed by atoms with Crippen LogP contribution in [0.4, 0.5) is 11.9 Å². The van der Waals surface area contributed by atoms with Gasteiger partial charge in [-0.3, -0.25) is 0 Å². The van der Waals surface area contributed by atoms with Crippen LogP contribution in [0.5, 0.6) is 6.01 Å². The molecule has 0 aliphatic carbocycles. The van der Waals surface area contributed by atoms with Crippen molar-refractivity contribution in [3.63, 3.8) is 0 Å². The SMILES string of the molecule is CCCNc1nc(NCC(C)(C)OC)nc(OC)n1. The molecule has 0 bridgehead atoms. The van der Waals surface area contributed by atoms with Crippen LogP contribution in [-0.4, -0.2) is 47.9 Å². The molecule has 1 aromatic heterocycles. The minimum atomic E-state index is -0.295. The van der Waals surface area contributed by atoms with E-state index in [1.807, 2.05) is 13.8 Å². The van der Waals surface area contributed by atoms with E-state index in [0.717, 1.165) is 13.0 Å². The Hall–Kier alpha value is -1.63. The predicted octanol–water partition coefficient (Wildman–Crippen LogP) is 1.54. The summed E-state index contributed by atoms with van der Waals surface area (Å²) in [7, 11) is 3.20. The summed E-state index contributed by atoms with van der Waals surface area (Å²) in [5, 5.41) is 6.23. The second-order valence-corrected chi connectivity index (χ2v) is 4.71. The highest BCUT2D eigenvalue weighted by atomic mass is 16.5. The second-order valence-electron chi connectivity index (χ2n) is 4.71. The number of aromatic nitrogens is 3. The van der Waals surface area contributed by atoms with E-state index in [-0.39, 0.29) is 11.6 Å². The molecule has 0 amide bonds. The molecule has 1 aromatic rings. The number of methoxy groups -OCH3 is 2. The number of nitrogens with one attached hydrogen (secondary N) is 2. The molecular weight excluding hydrogens is 246 g/mol. The molecule has 19 heavy (non-hydrogen) atoms. The van der Waals surface area contributed by atoms with Crippen molar-refractivity contribution >= 4 is 11.9 Å². The van der Waals surface area contributed by atoms with Crippen molar-refractivity contribution in [1.29, 1.82) is 0 Å². The van der Waals surface area contributed by atoms with Gasteiger partial charge >= 0.3 is 6.01 Å². The molecule has 7 heteroatoms. The molecule has 0 spiro atoms. The fraction of sp³-hybridized carbons (Fsp3) is 0.750. The number of hydrogen-bond acceptors (Lipinski definition) is 7. The lowest BCUT2D eigenvalue weighted by molar-refractivity contribution is 0.0342. The van der Waals surface area contributed by atoms with Gasteiger partial charge in [-0.15, -0.1) is 0 Å². The summed E-state index contributed by atoms with van der Waals surface area (Å²) in [6.07, 6.45) is 0.994. The summed E-state index contributed by atoms with van der Waals surface area (Å²) in [4.78, 5) is 12.5. The Morgan fingerprint density at radius 3 is 2.21 bits per heavy atom. The first-order valence-electron chi connectivity index (χ1n) is 6.33. The highest BCUT2D eigenvalue weighted by Crippen LogP contribution is 2.13. The Balaban J connectivity index is 2.76. The molecule has 0 fully saturated rings. The molecule has 2 N–H and O–H groups in total. The van der Waals surface area contributed by atoms with E-state index in [9.17, 15) is 0 Å². The van der Waals surface area contributed by atoms with Crippen LogP contribution < -0.4 is 15.4 Å². The first-order valence-corrected chi connectivity index (χ1v) is 6.33. The van der Waals surface area contributed by atoms with E-state index in [1.54, 1.807) is 7.11 Å². The molecule has 0 aromatic carbocycles. The van der Waals surface area contributed by atoms with Crippen LogP contribution in [0.1, 0.15) is 27.2 Å². The van der Waals surface area contributed by atoms with Gasteiger partial charge in [-0.2, -0.15) is 15.0 Å². The van der Waals surface area contributed by atoms with E-state index in [2.05, 4.69) is 32.5 Å². The van der Waals surface area contributed by atoms with Gasteiger partial charge in [0.05, 0.1) is 12.7 Å². The summed E-state index contributed by atoms with van der Waals surface area (Å²) in [6, 6.07) is 0.284. The number of ether oxygens (including phenoxy) is 2. The molecule has 1 heterocycles. The molecular formula is C12H23N5O2. The summed E-state index contributed by atoms with van der Waals surface area (Å²) in [6.45, 7) is 7.43. The molecule has 0 unspecified atom stereocenters. The highest BCUT2D eigenvalue weighted by Gasteiger charge is 2.17. The number of hydrogen-bond donors (Lipinski definition) is 2. The first kappa shape index (κ1) is 15.4. The third kappa shape index (κ3) is 5.25. The summed E-state index contributed by atoms with van der Waals surface area (Å²) in [5.74, 6) is 0.974. The van der Waals surface area contributed by atoms with Crippen LogP contribution in [0.2, 0.25) is 0 Å². The van der Waals surface area contributed by atoms with Gasteiger partial charge < -0.3 is 20.1 Å². The van der Waals surface area contributed by atoms with Crippen LogP contribution in [-0.2, 0) is 4.74 Å². The quantitative estimate of drug-likeness (QED) is 0.740. The van der Waals surface area contributed by atoms with E-state index in [0.29, 0.717) is 18.4 Å². The van der Waals surface area contributed by atoms with Crippen LogP contribution in [0.25, 0.3) is 0 Å². The predicted molar refractivity (Wildman–Crippen MR) is 74.7 cm³/mol. The van der Waals surface area contributed by atoms with Crippen molar-refractivity contribution in [2.75, 3.05) is 37.9 Å². The molecule has 0 saturated carbocycles. The zero-order valence-electron chi connectivity index (χ0n) is 12.3. The average Bonchev–Trinajstić information content (AvgIpc) is 2.42. The molecule has 0 aliphatic heterocycles. The van der Waals surface area contributed by atoms with E-state index in [1.165, 1.54) is 7.11 Å². The van der Waals surface area contributed by atoms with Gasteiger partial charge in [-0.25, -0.2) is 0 Å². The van der Waals surface area contributed by atoms with Crippen molar-refractivity contribution in [3.05, 3.63) is 0 Å². The molecule has 7 nitrogen and oxygen atoms in total. The first-order chi connectivity index (χ1) is 9.00. The minimum absolute atomic E-state index is 0.284. The van der Waals surface area contributed by atoms with Gasteiger partial charge in [0.15, 0.2) is 0 Å². The van der Waals surface area contributed by atoms with Gasteiger partial charge in [0.1, 0.15) is 0 Å². The molecule has 0 atom stereocenters. The lowest BCUT2D eigenvalue weighted by atomic mass is 10.1. The van der Waals surface area contributed by atoms with Crippen molar-refractivity contribution in [1.82, 2.24) is 15.0 Å². The summed E-state index contributed by atoms with van der Waals surface area (Å²) < 4.78 is 10.4. The lowest BCUT2D eigenvalue weighted by Gasteiger charge is -2.23. The summed E-state index contributed by atoms with van der Waals surface area (Å²) in [5.41, 5.74) is -0.295. The van der Waals surface area contributed by atoms with Crippen molar-refractivity contribution in [2.45, 2.75) is 32.8 Å². The van der Waals surface area contributed by atoms with E-state index in [4.69, 9.17) is 9.47 Å². The third-order valence-corrected chi connectivity index (χ3v) is 2.56. The standard InChI is InChI=1S/C12H23N5O2/c1-6-7-13-9-15-10(17-11(16-9)18-4)14-8-12(2,3)19-5/h6-8H2,1-5H3,(H2,13,14,15,16,17). The highest BCUT2D eigenvalue weighted by molar-refractivity contribution is 5.36. The maximum absolute atomic E-state index is 5.33. The average molecular weight is 269 g/mol. The molecule has 108 valence electrons. The van der Waals surface area contributed by atoms with Crippen LogP contribution in [0.15, 0.2) is 0 Å². The fourth-order valence-electron chi connectivity index (χ4n) is 1.21. The van der Waals surface area contributed by atoms with Crippen molar-refractivity contribution in [3.8, 4) is 6.01 Å². The van der Waals surface area contributed by atoms with Crippen LogP contribution >= 0.6 is 0 Å². The third-order valence-electron chi connectivity index (χ3n) is 2.56. The number of anilines is 2. The van der Waals surface area contributed by atoms with Crippen LogP contribution in [0, 0.1) is 0 Å². The minimum Gasteiger partial charge on any atom is -0.467 e. The Labute approximate surface area is 114 Å². The molecule has 1 rings (SSSR count). The fourth-order valence-corrected chi connectivity index (χ4v) is 1.21. The zero-order valence-corrected chi connectivity index (χ0v) is 12.3. The lowest BCUT2D eigenvalue weighted by Crippen LogP contribution is -2.32. The van der Waals surface area contributed by atoms with Gasteiger partial charge in [0.2, 0.25) is 11.9 Å². The molecule has 0 aliphatic rings. The molecule has 0 saturated heterocycles. The normalized spacial score (nSPS) is 11.2. The second kappa shape index (κ2) is 7.08. The summed E-state index contributed by atoms with van der Waals surface area (Å²) >= 11 is 0. The van der Waals surface area contributed by atoms with Gasteiger partial charge in [-0.05, 0) is 20.3 Å². The maximum Gasteiger partial charge on any atom is 0.322 e. The zero-order chi connectivity index (χ0) is 14.3. The largest absolute Gasteiger partial charge is 0.467 e. The van der Waals surface area contributed by atoms with Crippen molar-refractivity contribution < 1.29 is 9.47 Å². The number of rotatable bonds is 8. The van der Waals surface area contributed by atoms with E-state index >= 15 is 0 Å². The Morgan fingerprint density at radius 1 is 1.05 bits per heavy atom. The Kier molecular flexibility index (Phi) is 5.75. The Morgan fingerprint density at radius 2 is 1.68 bits per heavy atom. The Bertz CT molecular complexity index is 398. The van der Waals surface area contributed by atoms with Crippen LogP contribution in [0.3, 0.4) is 0 Å². The van der Waals surface area contributed by atoms with Gasteiger partial charge in [-0.1, -0.05) is 6.92 Å². The number of nitrogens with zero attached hydrogens (tertiary/aromatic N) is 3. The van der Waals surface area contributed by atoms with Gasteiger partial charge in [0, 0.05) is 20.2 Å². The topological polar surface area (TPSA) is 81.2 Å². The smallest absolute Gasteiger partial charge is 0.322 e. The molecule has 0 radical (unpaired) electrons. The van der Waals surface area contributed by atoms with Crippen molar-refractivity contribution in [2.24, 2.45) is 0 Å².